The molecule has 3 rings (SSSR count). The Morgan fingerprint density at radius 1 is 1.16 bits per heavy atom. The predicted molar refractivity (Wildman–Crippen MR) is 73.0 cm³/mol. The molecule has 0 saturated carbocycles. The van der Waals surface area contributed by atoms with Crippen molar-refractivity contribution in [1.82, 2.24) is 19.9 Å². The van der Waals surface area contributed by atoms with Gasteiger partial charge in [0.1, 0.15) is 5.82 Å². The Balaban J connectivity index is 1.78. The lowest BCUT2D eigenvalue weighted by molar-refractivity contribution is 0.493. The normalized spacial score (nSPS) is 19.4. The first kappa shape index (κ1) is 12.0. The molecule has 3 heterocycles. The van der Waals surface area contributed by atoms with Gasteiger partial charge in [0.05, 0.1) is 0 Å². The number of hydrogen-bond donors (Lipinski definition) is 0. The van der Waals surface area contributed by atoms with Crippen molar-refractivity contribution in [2.24, 2.45) is 0 Å². The average molecular weight is 255 g/mol. The van der Waals surface area contributed by atoms with E-state index in [1.54, 1.807) is 12.4 Å². The van der Waals surface area contributed by atoms with Crippen LogP contribution in [-0.4, -0.2) is 33.0 Å². The fraction of sp³-hybridized carbons (Fsp3) is 0.429. The summed E-state index contributed by atoms with van der Waals surface area (Å²) in [7, 11) is 0. The van der Waals surface area contributed by atoms with Gasteiger partial charge in [-0.1, -0.05) is 0 Å². The summed E-state index contributed by atoms with van der Waals surface area (Å²) in [5.74, 6) is 2.10. The molecule has 1 aliphatic rings. The second-order valence-corrected chi connectivity index (χ2v) is 4.86. The molecule has 1 saturated heterocycles. The molecule has 0 N–H and O–H groups in total. The predicted octanol–water partition coefficient (Wildman–Crippen LogP) is 1.96. The lowest BCUT2D eigenvalue weighted by atomic mass is 9.95. The van der Waals surface area contributed by atoms with E-state index in [1.165, 1.54) is 6.42 Å². The monoisotopic (exact) mass is 255 g/mol. The SMILES string of the molecule is Cc1nccc([C@@H]2CCCN(c3ncccn3)C2)n1. The van der Waals surface area contributed by atoms with Crippen molar-refractivity contribution in [3.8, 4) is 0 Å². The molecule has 1 fully saturated rings. The van der Waals surface area contributed by atoms with Crippen LogP contribution in [0, 0.1) is 6.92 Å². The van der Waals surface area contributed by atoms with Gasteiger partial charge in [0.2, 0.25) is 5.95 Å². The van der Waals surface area contributed by atoms with Crippen molar-refractivity contribution in [3.63, 3.8) is 0 Å². The molecule has 1 atom stereocenters. The van der Waals surface area contributed by atoms with Crippen LogP contribution in [0.15, 0.2) is 30.7 Å². The molecule has 0 radical (unpaired) electrons. The Kier molecular flexibility index (Phi) is 3.35. The van der Waals surface area contributed by atoms with Crippen molar-refractivity contribution < 1.29 is 0 Å². The first-order valence-corrected chi connectivity index (χ1v) is 6.64. The molecule has 19 heavy (non-hydrogen) atoms. The minimum Gasteiger partial charge on any atom is -0.340 e. The summed E-state index contributed by atoms with van der Waals surface area (Å²) in [6, 6.07) is 3.87. The van der Waals surface area contributed by atoms with Crippen LogP contribution >= 0.6 is 0 Å². The van der Waals surface area contributed by atoms with Crippen molar-refractivity contribution in [1.29, 1.82) is 0 Å². The maximum absolute atomic E-state index is 4.55. The molecule has 0 aromatic carbocycles. The van der Waals surface area contributed by atoms with E-state index in [4.69, 9.17) is 0 Å². The van der Waals surface area contributed by atoms with E-state index in [0.717, 1.165) is 37.0 Å². The Labute approximate surface area is 112 Å². The highest BCUT2D eigenvalue weighted by Crippen LogP contribution is 2.27. The molecule has 1 aliphatic heterocycles. The van der Waals surface area contributed by atoms with Crippen LogP contribution in [0.4, 0.5) is 5.95 Å². The first-order chi connectivity index (χ1) is 9.33. The van der Waals surface area contributed by atoms with Crippen molar-refractivity contribution in [2.45, 2.75) is 25.7 Å². The average Bonchev–Trinajstić information content (AvgIpc) is 2.48. The Morgan fingerprint density at radius 3 is 2.79 bits per heavy atom. The van der Waals surface area contributed by atoms with E-state index in [2.05, 4.69) is 24.8 Å². The third kappa shape index (κ3) is 2.70. The van der Waals surface area contributed by atoms with Crippen molar-refractivity contribution in [3.05, 3.63) is 42.2 Å². The third-order valence-corrected chi connectivity index (χ3v) is 3.47. The molecule has 0 aliphatic carbocycles. The number of aryl methyl sites for hydroxylation is 1. The van der Waals surface area contributed by atoms with Crippen molar-refractivity contribution in [2.75, 3.05) is 18.0 Å². The van der Waals surface area contributed by atoms with Crippen LogP contribution in [0.1, 0.15) is 30.3 Å². The van der Waals surface area contributed by atoms with Crippen LogP contribution < -0.4 is 4.90 Å². The quantitative estimate of drug-likeness (QED) is 0.821. The highest BCUT2D eigenvalue weighted by atomic mass is 15.2. The summed E-state index contributed by atoms with van der Waals surface area (Å²) in [5, 5.41) is 0. The van der Waals surface area contributed by atoms with Crippen molar-refractivity contribution >= 4 is 5.95 Å². The van der Waals surface area contributed by atoms with Gasteiger partial charge in [-0.2, -0.15) is 0 Å². The van der Waals surface area contributed by atoms with Gasteiger partial charge in [-0.15, -0.1) is 0 Å². The summed E-state index contributed by atoms with van der Waals surface area (Å²) < 4.78 is 0. The number of nitrogens with zero attached hydrogens (tertiary/aromatic N) is 5. The summed E-state index contributed by atoms with van der Waals surface area (Å²) in [6.07, 6.45) is 7.74. The molecule has 0 bridgehead atoms. The Hall–Kier alpha value is -2.04. The number of anilines is 1. The van der Waals surface area contributed by atoms with Crippen LogP contribution in [-0.2, 0) is 0 Å². The Morgan fingerprint density at radius 2 is 2.00 bits per heavy atom. The standard InChI is InChI=1S/C14H17N5/c1-11-15-8-5-13(18-11)12-4-2-9-19(10-12)14-16-6-3-7-17-14/h3,5-8,12H,2,4,9-10H2,1H3/t12-/m1/s1. The number of hydrogen-bond acceptors (Lipinski definition) is 5. The Bertz CT molecular complexity index is 543. The zero-order chi connectivity index (χ0) is 13.1. The molecule has 0 unspecified atom stereocenters. The minimum atomic E-state index is 0.444. The van der Waals surface area contributed by atoms with Gasteiger partial charge in [-0.3, -0.25) is 0 Å². The molecule has 2 aromatic heterocycles. The molecule has 5 nitrogen and oxygen atoms in total. The second-order valence-electron chi connectivity index (χ2n) is 4.86. The van der Waals surface area contributed by atoms with E-state index < -0.39 is 0 Å². The molecule has 0 amide bonds. The van der Waals surface area contributed by atoms with Crippen LogP contribution in [0.3, 0.4) is 0 Å². The summed E-state index contributed by atoms with van der Waals surface area (Å²) >= 11 is 0. The van der Waals surface area contributed by atoms with E-state index >= 15 is 0 Å². The zero-order valence-electron chi connectivity index (χ0n) is 11.0. The van der Waals surface area contributed by atoms with Crippen LogP contribution in [0.2, 0.25) is 0 Å². The fourth-order valence-corrected chi connectivity index (χ4v) is 2.56. The van der Waals surface area contributed by atoms with Gasteiger partial charge in [0.25, 0.3) is 0 Å². The van der Waals surface area contributed by atoms with E-state index in [9.17, 15) is 0 Å². The summed E-state index contributed by atoms with van der Waals surface area (Å²) in [5.41, 5.74) is 1.13. The first-order valence-electron chi connectivity index (χ1n) is 6.64. The van der Waals surface area contributed by atoms with Gasteiger partial charge >= 0.3 is 0 Å². The van der Waals surface area contributed by atoms with Gasteiger partial charge in [-0.25, -0.2) is 19.9 Å². The fourth-order valence-electron chi connectivity index (χ4n) is 2.56. The highest BCUT2D eigenvalue weighted by Gasteiger charge is 2.23. The lowest BCUT2D eigenvalue weighted by Crippen LogP contribution is -2.35. The van der Waals surface area contributed by atoms with Gasteiger partial charge in [0.15, 0.2) is 0 Å². The smallest absolute Gasteiger partial charge is 0.225 e. The van der Waals surface area contributed by atoms with E-state index in [0.29, 0.717) is 5.92 Å². The second kappa shape index (κ2) is 5.30. The topological polar surface area (TPSA) is 54.8 Å². The van der Waals surface area contributed by atoms with E-state index in [-0.39, 0.29) is 0 Å². The maximum Gasteiger partial charge on any atom is 0.225 e. The van der Waals surface area contributed by atoms with E-state index in [1.807, 2.05) is 25.3 Å². The third-order valence-electron chi connectivity index (χ3n) is 3.47. The van der Waals surface area contributed by atoms with Crippen LogP contribution in [0.25, 0.3) is 0 Å². The lowest BCUT2D eigenvalue weighted by Gasteiger charge is -2.32. The van der Waals surface area contributed by atoms with Crippen LogP contribution in [0.5, 0.6) is 0 Å². The maximum atomic E-state index is 4.55. The van der Waals surface area contributed by atoms with Gasteiger partial charge in [0, 0.05) is 43.3 Å². The molecular weight excluding hydrogens is 238 g/mol. The molecule has 2 aromatic rings. The number of piperidine rings is 1. The molecular formula is C14H17N5. The number of rotatable bonds is 2. The molecule has 98 valence electrons. The van der Waals surface area contributed by atoms with Gasteiger partial charge < -0.3 is 4.90 Å². The largest absolute Gasteiger partial charge is 0.340 e. The van der Waals surface area contributed by atoms with Gasteiger partial charge in [-0.05, 0) is 31.9 Å². The highest BCUT2D eigenvalue weighted by molar-refractivity contribution is 5.31. The molecule has 5 heteroatoms. The summed E-state index contributed by atoms with van der Waals surface area (Å²) in [4.78, 5) is 19.6. The summed E-state index contributed by atoms with van der Waals surface area (Å²) in [6.45, 7) is 3.88. The molecule has 0 spiro atoms. The minimum absolute atomic E-state index is 0.444. The zero-order valence-corrected chi connectivity index (χ0v) is 11.0. The number of aromatic nitrogens is 4.